The molecule has 1 saturated heterocycles. The molecule has 0 radical (unpaired) electrons. The highest BCUT2D eigenvalue weighted by atomic mass is 19.1. The van der Waals surface area contributed by atoms with Gasteiger partial charge in [0.05, 0.1) is 0 Å². The molecule has 1 aromatic rings. The Morgan fingerprint density at radius 2 is 2.08 bits per heavy atom. The Hall–Kier alpha value is -1.62. The SMILES string of the molecule is CN=C(NCc1ccc(C)c(F)c1)NC1CCN(C2CCCC2)C1. The molecule has 5 heteroatoms. The molecular formula is C19H29FN4. The Bertz CT molecular complexity index is 581. The Morgan fingerprint density at radius 1 is 1.29 bits per heavy atom. The van der Waals surface area contributed by atoms with Crippen LogP contribution >= 0.6 is 0 Å². The summed E-state index contributed by atoms with van der Waals surface area (Å²) in [5.74, 6) is 0.648. The van der Waals surface area contributed by atoms with E-state index in [1.807, 2.05) is 12.1 Å². The number of nitrogens with one attached hydrogen (secondary N) is 2. The number of aryl methyl sites for hydroxylation is 1. The van der Waals surface area contributed by atoms with Gasteiger partial charge in [0.1, 0.15) is 5.82 Å². The summed E-state index contributed by atoms with van der Waals surface area (Å²) in [4.78, 5) is 6.94. The first kappa shape index (κ1) is 17.2. The highest BCUT2D eigenvalue weighted by molar-refractivity contribution is 5.80. The molecule has 2 fully saturated rings. The smallest absolute Gasteiger partial charge is 0.191 e. The first-order valence-corrected chi connectivity index (χ1v) is 9.12. The van der Waals surface area contributed by atoms with Gasteiger partial charge in [-0.25, -0.2) is 4.39 Å². The quantitative estimate of drug-likeness (QED) is 0.658. The van der Waals surface area contributed by atoms with Crippen LogP contribution in [0.25, 0.3) is 0 Å². The number of hydrogen-bond acceptors (Lipinski definition) is 2. The summed E-state index contributed by atoms with van der Waals surface area (Å²) in [5, 5.41) is 6.82. The molecule has 24 heavy (non-hydrogen) atoms. The minimum Gasteiger partial charge on any atom is -0.352 e. The van der Waals surface area contributed by atoms with E-state index in [-0.39, 0.29) is 5.82 Å². The Morgan fingerprint density at radius 3 is 2.79 bits per heavy atom. The van der Waals surface area contributed by atoms with E-state index in [4.69, 9.17) is 0 Å². The molecule has 1 aliphatic carbocycles. The molecule has 0 spiro atoms. The summed E-state index contributed by atoms with van der Waals surface area (Å²) >= 11 is 0. The second-order valence-electron chi connectivity index (χ2n) is 7.07. The van der Waals surface area contributed by atoms with Gasteiger partial charge in [0.15, 0.2) is 5.96 Å². The molecule has 3 rings (SSSR count). The van der Waals surface area contributed by atoms with Crippen LogP contribution in [-0.4, -0.2) is 43.1 Å². The first-order chi connectivity index (χ1) is 11.7. The summed E-state index contributed by atoms with van der Waals surface area (Å²) < 4.78 is 13.6. The van der Waals surface area contributed by atoms with E-state index in [1.54, 1.807) is 20.0 Å². The Balaban J connectivity index is 1.47. The number of rotatable bonds is 4. The lowest BCUT2D eigenvalue weighted by molar-refractivity contribution is 0.242. The zero-order chi connectivity index (χ0) is 16.9. The van der Waals surface area contributed by atoms with Gasteiger partial charge in [0, 0.05) is 38.8 Å². The van der Waals surface area contributed by atoms with Crippen LogP contribution in [0, 0.1) is 12.7 Å². The third-order valence-electron chi connectivity index (χ3n) is 5.32. The van der Waals surface area contributed by atoms with Gasteiger partial charge in [-0.05, 0) is 43.4 Å². The predicted octanol–water partition coefficient (Wildman–Crippen LogP) is 2.82. The zero-order valence-electron chi connectivity index (χ0n) is 14.8. The molecule has 0 aromatic heterocycles. The first-order valence-electron chi connectivity index (χ1n) is 9.12. The number of halogens is 1. The molecule has 1 saturated carbocycles. The summed E-state index contributed by atoms with van der Waals surface area (Å²) in [6, 6.07) is 6.61. The predicted molar refractivity (Wildman–Crippen MR) is 96.7 cm³/mol. The van der Waals surface area contributed by atoms with Crippen molar-refractivity contribution in [3.8, 4) is 0 Å². The Kier molecular flexibility index (Phi) is 5.72. The van der Waals surface area contributed by atoms with Gasteiger partial charge < -0.3 is 10.6 Å². The summed E-state index contributed by atoms with van der Waals surface area (Å²) in [5.41, 5.74) is 1.61. The second kappa shape index (κ2) is 7.97. The van der Waals surface area contributed by atoms with E-state index in [2.05, 4.69) is 20.5 Å². The zero-order valence-corrected chi connectivity index (χ0v) is 14.8. The standard InChI is InChI=1S/C19H29FN4/c1-14-7-8-15(11-18(14)20)12-22-19(21-2)23-16-9-10-24(13-16)17-5-3-4-6-17/h7-8,11,16-17H,3-6,9-10,12-13H2,1-2H3,(H2,21,22,23). The van der Waals surface area contributed by atoms with Crippen molar-refractivity contribution in [2.75, 3.05) is 20.1 Å². The van der Waals surface area contributed by atoms with Gasteiger partial charge in [-0.1, -0.05) is 25.0 Å². The molecule has 0 amide bonds. The third-order valence-corrected chi connectivity index (χ3v) is 5.32. The van der Waals surface area contributed by atoms with Crippen LogP contribution in [0.4, 0.5) is 4.39 Å². The molecule has 2 N–H and O–H groups in total. The molecule has 1 atom stereocenters. The average Bonchev–Trinajstić information content (AvgIpc) is 3.25. The fraction of sp³-hybridized carbons (Fsp3) is 0.632. The summed E-state index contributed by atoms with van der Waals surface area (Å²) in [6.07, 6.45) is 6.65. The lowest BCUT2D eigenvalue weighted by Crippen LogP contribution is -2.45. The van der Waals surface area contributed by atoms with Crippen LogP contribution in [0.2, 0.25) is 0 Å². The number of nitrogens with zero attached hydrogens (tertiary/aromatic N) is 2. The molecular weight excluding hydrogens is 303 g/mol. The van der Waals surface area contributed by atoms with Crippen molar-refractivity contribution >= 4 is 5.96 Å². The Labute approximate surface area is 144 Å². The molecule has 132 valence electrons. The van der Waals surface area contributed by atoms with E-state index in [0.717, 1.165) is 30.5 Å². The van der Waals surface area contributed by atoms with Crippen molar-refractivity contribution < 1.29 is 4.39 Å². The largest absolute Gasteiger partial charge is 0.352 e. The minimum absolute atomic E-state index is 0.153. The number of benzene rings is 1. The monoisotopic (exact) mass is 332 g/mol. The molecule has 0 bridgehead atoms. The van der Waals surface area contributed by atoms with Crippen molar-refractivity contribution in [2.24, 2.45) is 4.99 Å². The molecule has 1 aromatic carbocycles. The van der Waals surface area contributed by atoms with Crippen LogP contribution in [0.3, 0.4) is 0 Å². The highest BCUT2D eigenvalue weighted by Gasteiger charge is 2.30. The van der Waals surface area contributed by atoms with Gasteiger partial charge in [-0.3, -0.25) is 9.89 Å². The average molecular weight is 332 g/mol. The fourth-order valence-corrected chi connectivity index (χ4v) is 3.83. The van der Waals surface area contributed by atoms with Crippen LogP contribution in [-0.2, 0) is 6.54 Å². The summed E-state index contributed by atoms with van der Waals surface area (Å²) in [7, 11) is 1.79. The van der Waals surface area contributed by atoms with Crippen LogP contribution in [0.15, 0.2) is 23.2 Å². The van der Waals surface area contributed by atoms with Gasteiger partial charge in [0.25, 0.3) is 0 Å². The maximum Gasteiger partial charge on any atom is 0.191 e. The second-order valence-corrected chi connectivity index (χ2v) is 7.07. The number of likely N-dealkylation sites (tertiary alicyclic amines) is 1. The van der Waals surface area contributed by atoms with Crippen LogP contribution in [0.5, 0.6) is 0 Å². The molecule has 1 unspecified atom stereocenters. The van der Waals surface area contributed by atoms with Gasteiger partial charge >= 0.3 is 0 Å². The number of guanidine groups is 1. The van der Waals surface area contributed by atoms with E-state index in [0.29, 0.717) is 18.2 Å². The van der Waals surface area contributed by atoms with Crippen molar-refractivity contribution in [1.82, 2.24) is 15.5 Å². The van der Waals surface area contributed by atoms with Gasteiger partial charge in [-0.15, -0.1) is 0 Å². The van der Waals surface area contributed by atoms with Crippen LogP contribution in [0.1, 0.15) is 43.2 Å². The van der Waals surface area contributed by atoms with Crippen LogP contribution < -0.4 is 10.6 Å². The molecule has 4 nitrogen and oxygen atoms in total. The van der Waals surface area contributed by atoms with Crippen molar-refractivity contribution in [1.29, 1.82) is 0 Å². The fourth-order valence-electron chi connectivity index (χ4n) is 3.83. The van der Waals surface area contributed by atoms with E-state index in [9.17, 15) is 4.39 Å². The van der Waals surface area contributed by atoms with Gasteiger partial charge in [-0.2, -0.15) is 0 Å². The minimum atomic E-state index is -0.153. The lowest BCUT2D eigenvalue weighted by atomic mass is 10.1. The topological polar surface area (TPSA) is 39.7 Å². The molecule has 1 heterocycles. The van der Waals surface area contributed by atoms with E-state index >= 15 is 0 Å². The third kappa shape index (κ3) is 4.26. The summed E-state index contributed by atoms with van der Waals surface area (Å²) in [6.45, 7) is 4.65. The molecule has 1 aliphatic heterocycles. The van der Waals surface area contributed by atoms with Crippen molar-refractivity contribution in [3.63, 3.8) is 0 Å². The van der Waals surface area contributed by atoms with Crippen molar-refractivity contribution in [2.45, 2.75) is 57.7 Å². The van der Waals surface area contributed by atoms with E-state index in [1.165, 1.54) is 32.2 Å². The number of aliphatic imine (C=N–C) groups is 1. The molecule has 2 aliphatic rings. The normalized spacial score (nSPS) is 23.0. The number of hydrogen-bond donors (Lipinski definition) is 2. The highest BCUT2D eigenvalue weighted by Crippen LogP contribution is 2.26. The maximum absolute atomic E-state index is 13.6. The van der Waals surface area contributed by atoms with E-state index < -0.39 is 0 Å². The maximum atomic E-state index is 13.6. The van der Waals surface area contributed by atoms with Crippen molar-refractivity contribution in [3.05, 3.63) is 35.1 Å². The van der Waals surface area contributed by atoms with Gasteiger partial charge in [0.2, 0.25) is 0 Å². The lowest BCUT2D eigenvalue weighted by Gasteiger charge is -2.24.